The van der Waals surface area contributed by atoms with Crippen LogP contribution in [0.5, 0.6) is 0 Å². The number of piperidine rings is 1. The molecule has 4 heteroatoms. The molecule has 1 aliphatic rings. The molecule has 1 fully saturated rings. The third-order valence-corrected chi connectivity index (χ3v) is 5.25. The van der Waals surface area contributed by atoms with E-state index in [0.717, 1.165) is 30.2 Å². The van der Waals surface area contributed by atoms with E-state index in [-0.39, 0.29) is 5.91 Å². The molecule has 1 aliphatic heterocycles. The van der Waals surface area contributed by atoms with E-state index in [4.69, 9.17) is 0 Å². The highest BCUT2D eigenvalue weighted by atomic mass is 32.2. The number of anilines is 2. The van der Waals surface area contributed by atoms with Gasteiger partial charge in [0.15, 0.2) is 0 Å². The van der Waals surface area contributed by atoms with Gasteiger partial charge < -0.3 is 10.2 Å². The Balaban J connectivity index is 1.47. The first-order valence-electron chi connectivity index (χ1n) is 9.30. The van der Waals surface area contributed by atoms with Crippen molar-refractivity contribution in [3.05, 3.63) is 65.6 Å². The van der Waals surface area contributed by atoms with Crippen molar-refractivity contribution in [2.24, 2.45) is 0 Å². The number of nitrogens with one attached hydrogen (secondary N) is 1. The summed E-state index contributed by atoms with van der Waals surface area (Å²) in [6.07, 6.45) is 6.35. The molecule has 1 amide bonds. The molecule has 136 valence electrons. The average Bonchev–Trinajstić information content (AvgIpc) is 2.70. The number of para-hydroxylation sites is 2. The lowest BCUT2D eigenvalue weighted by Gasteiger charge is -2.30. The van der Waals surface area contributed by atoms with Gasteiger partial charge in [-0.1, -0.05) is 42.5 Å². The lowest BCUT2D eigenvalue weighted by molar-refractivity contribution is -0.115. The molecule has 3 nitrogen and oxygen atoms in total. The fraction of sp³-hybridized carbons (Fsp3) is 0.318. The predicted octanol–water partition coefficient (Wildman–Crippen LogP) is 5.41. The summed E-state index contributed by atoms with van der Waals surface area (Å²) in [5.74, 6) is 0.858. The van der Waals surface area contributed by atoms with Crippen LogP contribution in [0, 0.1) is 0 Å². The van der Waals surface area contributed by atoms with Crippen molar-refractivity contribution in [3.8, 4) is 0 Å². The molecule has 0 aliphatic carbocycles. The molecule has 0 atom stereocenters. The average molecular weight is 367 g/mol. The van der Waals surface area contributed by atoms with Gasteiger partial charge in [0.25, 0.3) is 0 Å². The maximum Gasteiger partial charge on any atom is 0.225 e. The Labute approximate surface area is 160 Å². The molecule has 2 aromatic rings. The monoisotopic (exact) mass is 366 g/mol. The number of rotatable bonds is 7. The molecular weight excluding hydrogens is 340 g/mol. The standard InChI is InChI=1S/C22H26N2OS/c25-22(14-18-26-17-13-19-9-3-1-4-10-19)23-20-11-5-6-12-21(20)24-15-7-2-8-16-24/h1,3-6,9-13,17H,2,7-8,14-16,18H2,(H,23,25)/b17-13+. The van der Waals surface area contributed by atoms with Crippen LogP contribution in [-0.2, 0) is 4.79 Å². The number of nitrogens with zero attached hydrogens (tertiary/aromatic N) is 1. The Morgan fingerprint density at radius 2 is 1.73 bits per heavy atom. The minimum atomic E-state index is 0.0788. The van der Waals surface area contributed by atoms with Crippen molar-refractivity contribution in [2.45, 2.75) is 25.7 Å². The molecule has 0 aromatic heterocycles. The molecule has 26 heavy (non-hydrogen) atoms. The quantitative estimate of drug-likeness (QED) is 0.665. The minimum Gasteiger partial charge on any atom is -0.370 e. The summed E-state index contributed by atoms with van der Waals surface area (Å²) in [6, 6.07) is 18.3. The lowest BCUT2D eigenvalue weighted by Crippen LogP contribution is -2.30. The van der Waals surface area contributed by atoms with Crippen LogP contribution in [0.3, 0.4) is 0 Å². The third kappa shape index (κ3) is 5.67. The Bertz CT molecular complexity index is 724. The van der Waals surface area contributed by atoms with Gasteiger partial charge in [0, 0.05) is 25.3 Å². The lowest BCUT2D eigenvalue weighted by atomic mass is 10.1. The Morgan fingerprint density at radius 3 is 2.54 bits per heavy atom. The molecule has 0 bridgehead atoms. The second-order valence-electron chi connectivity index (χ2n) is 6.45. The first kappa shape index (κ1) is 18.6. The van der Waals surface area contributed by atoms with Gasteiger partial charge in [-0.15, -0.1) is 11.8 Å². The van der Waals surface area contributed by atoms with Crippen molar-refractivity contribution >= 4 is 35.1 Å². The summed E-state index contributed by atoms with van der Waals surface area (Å²) >= 11 is 1.67. The molecule has 0 saturated carbocycles. The highest BCUT2D eigenvalue weighted by molar-refractivity contribution is 8.02. The van der Waals surface area contributed by atoms with Crippen molar-refractivity contribution in [2.75, 3.05) is 29.1 Å². The number of amides is 1. The van der Waals surface area contributed by atoms with Crippen LogP contribution in [0.15, 0.2) is 60.0 Å². The summed E-state index contributed by atoms with van der Waals surface area (Å²) in [6.45, 7) is 2.15. The van der Waals surface area contributed by atoms with Gasteiger partial charge in [-0.25, -0.2) is 0 Å². The number of hydrogen-bond donors (Lipinski definition) is 1. The molecule has 0 spiro atoms. The maximum atomic E-state index is 12.3. The fourth-order valence-corrected chi connectivity index (χ4v) is 3.81. The van der Waals surface area contributed by atoms with Crippen molar-refractivity contribution in [1.82, 2.24) is 0 Å². The maximum absolute atomic E-state index is 12.3. The van der Waals surface area contributed by atoms with E-state index in [2.05, 4.69) is 39.9 Å². The van der Waals surface area contributed by atoms with Gasteiger partial charge in [0.1, 0.15) is 0 Å². The predicted molar refractivity (Wildman–Crippen MR) is 114 cm³/mol. The SMILES string of the molecule is O=C(CCS/C=C/c1ccccc1)Nc1ccccc1N1CCCCC1. The number of carbonyl (C=O) groups excluding carboxylic acids is 1. The Hall–Kier alpha value is -2.20. The second kappa shape index (κ2) is 10.1. The van der Waals surface area contributed by atoms with Crippen LogP contribution < -0.4 is 10.2 Å². The van der Waals surface area contributed by atoms with Crippen LogP contribution in [0.1, 0.15) is 31.2 Å². The number of thioether (sulfide) groups is 1. The van der Waals surface area contributed by atoms with Crippen molar-refractivity contribution in [3.63, 3.8) is 0 Å². The third-order valence-electron chi connectivity index (χ3n) is 4.48. The Morgan fingerprint density at radius 1 is 1.00 bits per heavy atom. The topological polar surface area (TPSA) is 32.3 Å². The molecule has 1 N–H and O–H groups in total. The van der Waals surface area contributed by atoms with Crippen LogP contribution in [0.4, 0.5) is 11.4 Å². The first-order chi connectivity index (χ1) is 12.8. The number of carbonyl (C=O) groups is 1. The van der Waals surface area contributed by atoms with Crippen LogP contribution >= 0.6 is 11.8 Å². The summed E-state index contributed by atoms with van der Waals surface area (Å²) in [5, 5.41) is 5.16. The normalized spacial score (nSPS) is 14.5. The van der Waals surface area contributed by atoms with Crippen LogP contribution in [-0.4, -0.2) is 24.7 Å². The molecule has 3 rings (SSSR count). The van der Waals surface area contributed by atoms with E-state index in [0.29, 0.717) is 6.42 Å². The number of benzene rings is 2. The zero-order chi connectivity index (χ0) is 18.0. The van der Waals surface area contributed by atoms with E-state index in [1.54, 1.807) is 11.8 Å². The van der Waals surface area contributed by atoms with E-state index in [1.165, 1.54) is 24.8 Å². The molecule has 1 saturated heterocycles. The summed E-state index contributed by atoms with van der Waals surface area (Å²) < 4.78 is 0. The highest BCUT2D eigenvalue weighted by Crippen LogP contribution is 2.28. The van der Waals surface area contributed by atoms with Gasteiger partial charge in [0.05, 0.1) is 11.4 Å². The van der Waals surface area contributed by atoms with Crippen molar-refractivity contribution < 1.29 is 4.79 Å². The van der Waals surface area contributed by atoms with Gasteiger partial charge in [-0.2, -0.15) is 0 Å². The highest BCUT2D eigenvalue weighted by Gasteiger charge is 2.15. The summed E-state index contributed by atoms with van der Waals surface area (Å²) in [5.41, 5.74) is 3.27. The molecule has 1 heterocycles. The summed E-state index contributed by atoms with van der Waals surface area (Å²) in [7, 11) is 0. The van der Waals surface area contributed by atoms with Gasteiger partial charge in [-0.3, -0.25) is 4.79 Å². The second-order valence-corrected chi connectivity index (χ2v) is 7.46. The van der Waals surface area contributed by atoms with E-state index >= 15 is 0 Å². The van der Waals surface area contributed by atoms with E-state index in [1.807, 2.05) is 36.4 Å². The molecule has 0 unspecified atom stereocenters. The van der Waals surface area contributed by atoms with Gasteiger partial charge in [-0.05, 0) is 48.4 Å². The molecule has 2 aromatic carbocycles. The van der Waals surface area contributed by atoms with Crippen LogP contribution in [0.25, 0.3) is 6.08 Å². The Kier molecular flexibility index (Phi) is 7.20. The summed E-state index contributed by atoms with van der Waals surface area (Å²) in [4.78, 5) is 14.7. The van der Waals surface area contributed by atoms with Crippen LogP contribution in [0.2, 0.25) is 0 Å². The molecule has 0 radical (unpaired) electrons. The van der Waals surface area contributed by atoms with E-state index in [9.17, 15) is 4.79 Å². The largest absolute Gasteiger partial charge is 0.370 e. The van der Waals surface area contributed by atoms with Gasteiger partial charge >= 0.3 is 0 Å². The molecular formula is C22H26N2OS. The minimum absolute atomic E-state index is 0.0788. The van der Waals surface area contributed by atoms with Gasteiger partial charge in [0.2, 0.25) is 5.91 Å². The number of hydrogen-bond acceptors (Lipinski definition) is 3. The zero-order valence-corrected chi connectivity index (χ0v) is 15.9. The zero-order valence-electron chi connectivity index (χ0n) is 15.1. The fourth-order valence-electron chi connectivity index (χ4n) is 3.11. The van der Waals surface area contributed by atoms with Crippen molar-refractivity contribution in [1.29, 1.82) is 0 Å². The smallest absolute Gasteiger partial charge is 0.225 e. The van der Waals surface area contributed by atoms with E-state index < -0.39 is 0 Å². The first-order valence-corrected chi connectivity index (χ1v) is 10.3.